The first-order valence-electron chi connectivity index (χ1n) is 5.99. The third kappa shape index (κ3) is 3.16. The maximum absolute atomic E-state index is 12.0. The van der Waals surface area contributed by atoms with Crippen LogP contribution >= 0.6 is 0 Å². The summed E-state index contributed by atoms with van der Waals surface area (Å²) >= 11 is 0. The lowest BCUT2D eigenvalue weighted by Crippen LogP contribution is -2.30. The van der Waals surface area contributed by atoms with Crippen LogP contribution in [0.1, 0.15) is 36.0 Å². The van der Waals surface area contributed by atoms with Gasteiger partial charge in [0.25, 0.3) is 5.91 Å². The summed E-state index contributed by atoms with van der Waals surface area (Å²) in [5.74, 6) is 4.69. The van der Waals surface area contributed by atoms with E-state index in [-0.39, 0.29) is 5.91 Å². The van der Waals surface area contributed by atoms with Crippen molar-refractivity contribution in [3.8, 4) is 0 Å². The number of carbonyl (C=O) groups excluding carboxylic acids is 1. The molecule has 0 aromatic heterocycles. The lowest BCUT2D eigenvalue weighted by molar-refractivity contribution is 0.0953. The smallest absolute Gasteiger partial charge is 0.265 e. The topological polar surface area (TPSA) is 84.2 Å². The van der Waals surface area contributed by atoms with Crippen LogP contribution in [0.3, 0.4) is 0 Å². The Morgan fingerprint density at radius 3 is 2.39 bits per heavy atom. The second-order valence-electron chi connectivity index (χ2n) is 4.37. The van der Waals surface area contributed by atoms with Crippen LogP contribution < -0.4 is 16.0 Å². The molecule has 1 aromatic rings. The highest BCUT2D eigenvalue weighted by molar-refractivity contribution is 7.83. The Labute approximate surface area is 109 Å². The van der Waals surface area contributed by atoms with Gasteiger partial charge in [-0.15, -0.1) is 0 Å². The number of hydrogen-bond donors (Lipinski definition) is 3. The summed E-state index contributed by atoms with van der Waals surface area (Å²) in [6.45, 7) is 0. The summed E-state index contributed by atoms with van der Waals surface area (Å²) in [5, 5.41) is 0. The van der Waals surface area contributed by atoms with E-state index in [2.05, 4.69) is 10.1 Å². The molecule has 0 bridgehead atoms. The summed E-state index contributed by atoms with van der Waals surface area (Å²) in [4.78, 5) is 11.9. The molecular formula is C12H17N3O2S. The number of hydrogen-bond acceptors (Lipinski definition) is 3. The van der Waals surface area contributed by atoms with E-state index in [9.17, 15) is 9.00 Å². The fraction of sp³-hybridized carbons (Fsp3) is 0.417. The monoisotopic (exact) mass is 267 g/mol. The highest BCUT2D eigenvalue weighted by atomic mass is 32.2. The minimum Gasteiger partial charge on any atom is -0.290 e. The van der Waals surface area contributed by atoms with Crippen molar-refractivity contribution in [3.05, 3.63) is 29.8 Å². The molecule has 0 radical (unpaired) electrons. The van der Waals surface area contributed by atoms with Gasteiger partial charge in [-0.05, 0) is 37.1 Å². The Hall–Kier alpha value is -1.24. The van der Waals surface area contributed by atoms with Crippen molar-refractivity contribution >= 4 is 16.9 Å². The molecule has 0 spiro atoms. The second-order valence-corrected chi connectivity index (χ2v) is 5.61. The summed E-state index contributed by atoms with van der Waals surface area (Å²) in [6, 6.07) is 6.95. The normalized spacial score (nSPS) is 17.6. The standard InChI is InChI=1S/C12H17N3O2S/c13-14-12(16)9-5-7-11(8-6-9)18(17)15-10-3-1-2-4-10/h5-8,10,15H,1-4,13H2,(H,14,16). The van der Waals surface area contributed by atoms with Crippen molar-refractivity contribution in [1.29, 1.82) is 0 Å². The molecule has 0 heterocycles. The molecule has 1 saturated carbocycles. The maximum Gasteiger partial charge on any atom is 0.265 e. The van der Waals surface area contributed by atoms with Crippen LogP contribution in [-0.4, -0.2) is 16.2 Å². The van der Waals surface area contributed by atoms with E-state index in [0.29, 0.717) is 16.5 Å². The fourth-order valence-corrected chi connectivity index (χ4v) is 3.13. The van der Waals surface area contributed by atoms with Crippen LogP contribution in [0.5, 0.6) is 0 Å². The van der Waals surface area contributed by atoms with Gasteiger partial charge in [-0.25, -0.2) is 14.8 Å². The Kier molecular flexibility index (Phi) is 4.46. The molecule has 1 aromatic carbocycles. The van der Waals surface area contributed by atoms with E-state index in [4.69, 9.17) is 5.84 Å². The SMILES string of the molecule is NNC(=O)c1ccc(S(=O)NC2CCCC2)cc1. The predicted octanol–water partition coefficient (Wildman–Crippen LogP) is 0.845. The quantitative estimate of drug-likeness (QED) is 0.429. The second kappa shape index (κ2) is 6.08. The van der Waals surface area contributed by atoms with Gasteiger partial charge in [0.05, 0.1) is 4.90 Å². The number of amides is 1. The van der Waals surface area contributed by atoms with Gasteiger partial charge in [0, 0.05) is 11.6 Å². The van der Waals surface area contributed by atoms with Gasteiger partial charge in [-0.2, -0.15) is 0 Å². The largest absolute Gasteiger partial charge is 0.290 e. The number of carbonyl (C=O) groups is 1. The molecule has 1 atom stereocenters. The van der Waals surface area contributed by atoms with Crippen LogP contribution in [0.2, 0.25) is 0 Å². The summed E-state index contributed by atoms with van der Waals surface area (Å²) in [7, 11) is -1.21. The van der Waals surface area contributed by atoms with Crippen molar-refractivity contribution in [2.45, 2.75) is 36.6 Å². The highest BCUT2D eigenvalue weighted by Gasteiger charge is 2.17. The maximum atomic E-state index is 12.0. The molecule has 1 fully saturated rings. The molecule has 98 valence electrons. The molecule has 0 saturated heterocycles. The van der Waals surface area contributed by atoms with E-state index in [1.807, 2.05) is 0 Å². The molecule has 4 N–H and O–H groups in total. The van der Waals surface area contributed by atoms with Gasteiger partial charge in [-0.3, -0.25) is 10.2 Å². The first-order valence-corrected chi connectivity index (χ1v) is 7.14. The van der Waals surface area contributed by atoms with Gasteiger partial charge >= 0.3 is 0 Å². The molecule has 0 aliphatic heterocycles. The first-order chi connectivity index (χ1) is 8.70. The van der Waals surface area contributed by atoms with Crippen LogP contribution in [0.25, 0.3) is 0 Å². The number of nitrogens with two attached hydrogens (primary N) is 1. The van der Waals surface area contributed by atoms with Gasteiger partial charge in [0.15, 0.2) is 0 Å². The molecule has 6 heteroatoms. The zero-order valence-corrected chi connectivity index (χ0v) is 10.8. The predicted molar refractivity (Wildman–Crippen MR) is 69.9 cm³/mol. The van der Waals surface area contributed by atoms with Gasteiger partial charge in [0.1, 0.15) is 11.0 Å². The van der Waals surface area contributed by atoms with Crippen molar-refractivity contribution < 1.29 is 9.00 Å². The van der Waals surface area contributed by atoms with Crippen LogP contribution in [0.4, 0.5) is 0 Å². The van der Waals surface area contributed by atoms with Crippen molar-refractivity contribution in [1.82, 2.24) is 10.1 Å². The third-order valence-electron chi connectivity index (χ3n) is 3.09. The van der Waals surface area contributed by atoms with Gasteiger partial charge in [0.2, 0.25) is 0 Å². The molecule has 18 heavy (non-hydrogen) atoms. The molecule has 2 rings (SSSR count). The molecule has 1 unspecified atom stereocenters. The van der Waals surface area contributed by atoms with Crippen molar-refractivity contribution in [2.75, 3.05) is 0 Å². The zero-order chi connectivity index (χ0) is 13.0. The van der Waals surface area contributed by atoms with Gasteiger partial charge in [-0.1, -0.05) is 12.8 Å². The van der Waals surface area contributed by atoms with E-state index in [0.717, 1.165) is 12.8 Å². The van der Waals surface area contributed by atoms with E-state index >= 15 is 0 Å². The van der Waals surface area contributed by atoms with Crippen LogP contribution in [-0.2, 0) is 11.0 Å². The number of nitrogens with one attached hydrogen (secondary N) is 2. The minimum atomic E-state index is -1.21. The average molecular weight is 267 g/mol. The third-order valence-corrected chi connectivity index (χ3v) is 4.34. The molecule has 1 amide bonds. The van der Waals surface area contributed by atoms with Crippen molar-refractivity contribution in [3.63, 3.8) is 0 Å². The molecular weight excluding hydrogens is 250 g/mol. The Bertz CT molecular complexity index is 441. The number of hydrazine groups is 1. The lowest BCUT2D eigenvalue weighted by atomic mass is 10.2. The van der Waals surface area contributed by atoms with E-state index < -0.39 is 11.0 Å². The van der Waals surface area contributed by atoms with E-state index in [1.165, 1.54) is 12.8 Å². The number of benzene rings is 1. The first kappa shape index (κ1) is 13.2. The zero-order valence-electron chi connectivity index (χ0n) is 10.0. The van der Waals surface area contributed by atoms with Crippen molar-refractivity contribution in [2.24, 2.45) is 5.84 Å². The molecule has 5 nitrogen and oxygen atoms in total. The summed E-state index contributed by atoms with van der Waals surface area (Å²) in [6.07, 6.45) is 4.56. The number of rotatable bonds is 4. The lowest BCUT2D eigenvalue weighted by Gasteiger charge is -2.11. The average Bonchev–Trinajstić information content (AvgIpc) is 2.91. The van der Waals surface area contributed by atoms with E-state index in [1.54, 1.807) is 24.3 Å². The highest BCUT2D eigenvalue weighted by Crippen LogP contribution is 2.19. The van der Waals surface area contributed by atoms with Gasteiger partial charge < -0.3 is 0 Å². The Morgan fingerprint density at radius 2 is 1.83 bits per heavy atom. The van der Waals surface area contributed by atoms with Crippen LogP contribution in [0, 0.1) is 0 Å². The Morgan fingerprint density at radius 1 is 1.22 bits per heavy atom. The summed E-state index contributed by atoms with van der Waals surface area (Å²) < 4.78 is 15.1. The Balaban J connectivity index is 2.00. The molecule has 1 aliphatic rings. The fourth-order valence-electron chi connectivity index (χ4n) is 2.08. The number of nitrogen functional groups attached to an aromatic ring is 1. The summed E-state index contributed by atoms with van der Waals surface area (Å²) in [5.41, 5.74) is 2.52. The minimum absolute atomic E-state index is 0.345. The molecule has 1 aliphatic carbocycles. The van der Waals surface area contributed by atoms with Crippen LogP contribution in [0.15, 0.2) is 29.2 Å².